The lowest BCUT2D eigenvalue weighted by Crippen LogP contribution is -2.45. The van der Waals surface area contributed by atoms with Gasteiger partial charge in [-0.25, -0.2) is 4.57 Å². The summed E-state index contributed by atoms with van der Waals surface area (Å²) in [4.78, 5) is 23.4. The van der Waals surface area contributed by atoms with Crippen LogP contribution in [0.4, 0.5) is 0 Å². The Morgan fingerprint density at radius 2 is 0.773 bits per heavy atom. The quantitative estimate of drug-likeness (QED) is 0.0243. The van der Waals surface area contributed by atoms with Gasteiger partial charge in [0.15, 0.2) is 0 Å². The first-order valence-corrected chi connectivity index (χ1v) is 34.0. The van der Waals surface area contributed by atoms with Crippen molar-refractivity contribution in [2.24, 2.45) is 0 Å². The van der Waals surface area contributed by atoms with Crippen molar-refractivity contribution in [1.82, 2.24) is 5.32 Å². The second-order valence-electron chi connectivity index (χ2n) is 23.5. The number of aliphatic hydroxyl groups excluding tert-OH is 1. The van der Waals surface area contributed by atoms with Gasteiger partial charge in [0.25, 0.3) is 0 Å². The lowest BCUT2D eigenvalue weighted by molar-refractivity contribution is -0.870. The number of carbonyl (C=O) groups excluding carboxylic acids is 1. The van der Waals surface area contributed by atoms with Crippen LogP contribution in [-0.2, 0) is 18.4 Å². The zero-order valence-electron chi connectivity index (χ0n) is 50.6. The highest BCUT2D eigenvalue weighted by molar-refractivity contribution is 7.47. The Hall–Kier alpha value is -1.54. The Bertz CT molecular complexity index is 1360. The fourth-order valence-electron chi connectivity index (χ4n) is 9.68. The largest absolute Gasteiger partial charge is 0.472 e. The summed E-state index contributed by atoms with van der Waals surface area (Å²) in [6.45, 7) is 4.83. The topological polar surface area (TPSA) is 105 Å². The molecule has 0 rings (SSSR count). The maximum atomic E-state index is 13.0. The van der Waals surface area contributed by atoms with Gasteiger partial charge in [-0.05, 0) is 64.2 Å². The molecule has 0 aromatic rings. The van der Waals surface area contributed by atoms with Crippen LogP contribution in [0.1, 0.15) is 316 Å². The molecule has 0 radical (unpaired) electrons. The average Bonchev–Trinajstić information content (AvgIpc) is 3.37. The van der Waals surface area contributed by atoms with Crippen molar-refractivity contribution in [2.75, 3.05) is 40.9 Å². The molecule has 75 heavy (non-hydrogen) atoms. The van der Waals surface area contributed by atoms with Crippen LogP contribution in [0.15, 0.2) is 48.6 Å². The summed E-state index contributed by atoms with van der Waals surface area (Å²) < 4.78 is 23.7. The van der Waals surface area contributed by atoms with E-state index in [1.807, 2.05) is 27.2 Å². The molecule has 0 aliphatic heterocycles. The van der Waals surface area contributed by atoms with E-state index in [-0.39, 0.29) is 19.1 Å². The lowest BCUT2D eigenvalue weighted by Gasteiger charge is -2.25. The van der Waals surface area contributed by atoms with Crippen LogP contribution in [-0.4, -0.2) is 73.4 Å². The van der Waals surface area contributed by atoms with Gasteiger partial charge in [-0.2, -0.15) is 0 Å². The number of allylic oxidation sites excluding steroid dienone is 7. The Labute approximate surface area is 467 Å². The predicted octanol–water partition coefficient (Wildman–Crippen LogP) is 20.3. The minimum absolute atomic E-state index is 0.0567. The van der Waals surface area contributed by atoms with Crippen molar-refractivity contribution in [3.8, 4) is 0 Å². The third-order valence-corrected chi connectivity index (χ3v) is 15.8. The van der Waals surface area contributed by atoms with Gasteiger partial charge >= 0.3 is 7.82 Å². The number of hydrogen-bond donors (Lipinski definition) is 3. The van der Waals surface area contributed by atoms with Crippen LogP contribution in [0.3, 0.4) is 0 Å². The van der Waals surface area contributed by atoms with E-state index in [9.17, 15) is 19.4 Å². The second-order valence-corrected chi connectivity index (χ2v) is 24.9. The van der Waals surface area contributed by atoms with Crippen molar-refractivity contribution in [3.63, 3.8) is 0 Å². The van der Waals surface area contributed by atoms with Gasteiger partial charge in [0.2, 0.25) is 5.91 Å². The average molecular weight is 1080 g/mol. The summed E-state index contributed by atoms with van der Waals surface area (Å²) in [7, 11) is 1.56. The molecule has 3 unspecified atom stereocenters. The standard InChI is InChI=1S/C66H127N2O6P/c1-6-8-10-12-14-16-18-20-22-24-26-28-29-30-31-32-33-34-35-36-37-38-39-40-42-44-46-48-50-52-54-56-58-60-66(70)67-64(63-74-75(71,72)73-62-61-68(3,4)5)65(69)59-57-55-53-51-49-47-45-43-41-27-25-23-21-19-17-15-13-11-9-7-2/h26,28,30-31,49,51,57,59,64-65,69H,6-25,27,29,32-48,50,52-56,58,60-63H2,1-5H3,(H-,67,70,71,72)/p+1/b28-26-,31-30-,51-49+,59-57+. The van der Waals surface area contributed by atoms with E-state index < -0.39 is 20.0 Å². The molecule has 0 saturated carbocycles. The van der Waals surface area contributed by atoms with Crippen molar-refractivity contribution >= 4 is 13.7 Å². The molecule has 8 nitrogen and oxygen atoms in total. The van der Waals surface area contributed by atoms with Crippen LogP contribution in [0.5, 0.6) is 0 Å². The molecule has 3 atom stereocenters. The third-order valence-electron chi connectivity index (χ3n) is 14.8. The Kier molecular flexibility index (Phi) is 56.0. The number of quaternary nitrogens is 1. The molecule has 0 aromatic carbocycles. The number of phosphoric ester groups is 1. The van der Waals surface area contributed by atoms with Gasteiger partial charge in [0.1, 0.15) is 13.2 Å². The molecule has 1 amide bonds. The van der Waals surface area contributed by atoms with Crippen LogP contribution in [0.2, 0.25) is 0 Å². The van der Waals surface area contributed by atoms with Crippen molar-refractivity contribution in [2.45, 2.75) is 328 Å². The number of carbonyl (C=O) groups is 1. The number of amides is 1. The Balaban J connectivity index is 4.08. The molecular weight excluding hydrogens is 948 g/mol. The first-order chi connectivity index (χ1) is 36.5. The van der Waals surface area contributed by atoms with Crippen LogP contribution in [0.25, 0.3) is 0 Å². The normalized spacial score (nSPS) is 14.1. The van der Waals surface area contributed by atoms with Crippen molar-refractivity contribution in [3.05, 3.63) is 48.6 Å². The number of unbranched alkanes of at least 4 members (excludes halogenated alkanes) is 41. The van der Waals surface area contributed by atoms with Crippen LogP contribution in [0, 0.1) is 0 Å². The highest BCUT2D eigenvalue weighted by Crippen LogP contribution is 2.43. The van der Waals surface area contributed by atoms with E-state index in [4.69, 9.17) is 9.05 Å². The van der Waals surface area contributed by atoms with Gasteiger partial charge in [-0.3, -0.25) is 13.8 Å². The molecule has 0 aliphatic carbocycles. The number of hydrogen-bond acceptors (Lipinski definition) is 5. The number of nitrogens with zero attached hydrogens (tertiary/aromatic N) is 1. The molecule has 442 valence electrons. The summed E-state index contributed by atoms with van der Waals surface area (Å²) in [5, 5.41) is 13.9. The Morgan fingerprint density at radius 1 is 0.453 bits per heavy atom. The number of rotatable bonds is 60. The predicted molar refractivity (Wildman–Crippen MR) is 327 cm³/mol. The van der Waals surface area contributed by atoms with Crippen LogP contribution >= 0.6 is 7.82 Å². The molecular formula is C66H128N2O6P+. The lowest BCUT2D eigenvalue weighted by atomic mass is 10.0. The molecule has 0 aliphatic rings. The Morgan fingerprint density at radius 3 is 1.15 bits per heavy atom. The summed E-state index contributed by atoms with van der Waals surface area (Å²) in [5.41, 5.74) is 0. The molecule has 0 bridgehead atoms. The summed E-state index contributed by atoms with van der Waals surface area (Å²) in [6, 6.07) is -0.864. The molecule has 0 aromatic heterocycles. The SMILES string of the molecule is CCCCCCCCCCC/C=C\C/C=C\CCCCCCCCCCCCCCCCCCCC(=O)NC(COP(=O)(O)OCC[N+](C)(C)C)C(O)/C=C/CC/C=C/CCCCCCCCCCCCCCCC. The number of aliphatic hydroxyl groups is 1. The summed E-state index contributed by atoms with van der Waals surface area (Å²) >= 11 is 0. The van der Waals surface area contributed by atoms with E-state index in [2.05, 4.69) is 55.6 Å². The summed E-state index contributed by atoms with van der Waals surface area (Å²) in [5.74, 6) is -0.183. The fourth-order valence-corrected chi connectivity index (χ4v) is 10.4. The minimum atomic E-state index is -4.36. The number of phosphoric acid groups is 1. The second kappa shape index (κ2) is 57.2. The maximum Gasteiger partial charge on any atom is 0.472 e. The van der Waals surface area contributed by atoms with E-state index in [1.54, 1.807) is 6.08 Å². The maximum absolute atomic E-state index is 13.0. The summed E-state index contributed by atoms with van der Waals surface area (Å²) in [6.07, 6.45) is 76.7. The highest BCUT2D eigenvalue weighted by atomic mass is 31.2. The molecule has 0 fully saturated rings. The van der Waals surface area contributed by atoms with Crippen molar-refractivity contribution < 1.29 is 32.9 Å². The van der Waals surface area contributed by atoms with Gasteiger partial charge in [-0.15, -0.1) is 0 Å². The van der Waals surface area contributed by atoms with Crippen molar-refractivity contribution in [1.29, 1.82) is 0 Å². The molecule has 0 saturated heterocycles. The van der Waals surface area contributed by atoms with E-state index in [1.165, 1.54) is 250 Å². The molecule has 0 spiro atoms. The fraction of sp³-hybridized carbons (Fsp3) is 0.864. The van der Waals surface area contributed by atoms with Gasteiger partial charge in [0, 0.05) is 6.42 Å². The minimum Gasteiger partial charge on any atom is -0.387 e. The van der Waals surface area contributed by atoms with Gasteiger partial charge < -0.3 is 19.8 Å². The first kappa shape index (κ1) is 73.5. The van der Waals surface area contributed by atoms with E-state index in [0.717, 1.165) is 44.9 Å². The molecule has 9 heteroatoms. The van der Waals surface area contributed by atoms with E-state index in [0.29, 0.717) is 17.4 Å². The number of nitrogens with one attached hydrogen (secondary N) is 1. The number of likely N-dealkylation sites (N-methyl/N-ethyl adjacent to an activating group) is 1. The molecule has 3 N–H and O–H groups in total. The first-order valence-electron chi connectivity index (χ1n) is 32.5. The van der Waals surface area contributed by atoms with Gasteiger partial charge in [0.05, 0.1) is 39.9 Å². The van der Waals surface area contributed by atoms with E-state index >= 15 is 0 Å². The smallest absolute Gasteiger partial charge is 0.387 e. The zero-order chi connectivity index (χ0) is 54.9. The highest BCUT2D eigenvalue weighted by Gasteiger charge is 2.27. The third kappa shape index (κ3) is 60.0. The zero-order valence-corrected chi connectivity index (χ0v) is 51.4. The van der Waals surface area contributed by atoms with Gasteiger partial charge in [-0.1, -0.05) is 294 Å². The van der Waals surface area contributed by atoms with Crippen LogP contribution < -0.4 is 5.32 Å². The monoisotopic (exact) mass is 1080 g/mol. The molecule has 0 heterocycles.